The second-order valence-corrected chi connectivity index (χ2v) is 3.09. The van der Waals surface area contributed by atoms with Crippen molar-refractivity contribution < 1.29 is 19.1 Å². The molecule has 86 valence electrons. The van der Waals surface area contributed by atoms with E-state index >= 15 is 0 Å². The van der Waals surface area contributed by atoms with Crippen LogP contribution in [0.5, 0.6) is 0 Å². The number of methoxy groups -OCH3 is 1. The Balaban J connectivity index is 3.50. The number of hydrogen-bond acceptors (Lipinski definition) is 4. The molecule has 4 heteroatoms. The molecule has 0 heterocycles. The van der Waals surface area contributed by atoms with Crippen molar-refractivity contribution in [2.24, 2.45) is 0 Å². The third kappa shape index (κ3) is 9.00. The first-order valence-corrected chi connectivity index (χ1v) is 5.10. The maximum absolute atomic E-state index is 11.2. The van der Waals surface area contributed by atoms with E-state index in [1.807, 2.05) is 0 Å². The average Bonchev–Trinajstić information content (AvgIpc) is 2.24. The molecule has 0 rings (SSSR count). The monoisotopic (exact) mass is 214 g/mol. The number of ketones is 1. The number of carbonyl (C=O) groups is 2. The van der Waals surface area contributed by atoms with Gasteiger partial charge < -0.3 is 9.47 Å². The van der Waals surface area contributed by atoms with Crippen LogP contribution in [-0.2, 0) is 14.3 Å². The zero-order valence-electron chi connectivity index (χ0n) is 9.32. The molecule has 0 aliphatic carbocycles. The van der Waals surface area contributed by atoms with Gasteiger partial charge in [0.1, 0.15) is 6.61 Å². The van der Waals surface area contributed by atoms with E-state index in [4.69, 9.17) is 0 Å². The van der Waals surface area contributed by atoms with E-state index in [-0.39, 0.29) is 12.4 Å². The zero-order valence-corrected chi connectivity index (χ0v) is 9.32. The fraction of sp³-hybridized carbons (Fsp3) is 0.636. The number of rotatable bonds is 7. The molecule has 0 aliphatic rings. The van der Waals surface area contributed by atoms with E-state index < -0.39 is 6.16 Å². The minimum Gasteiger partial charge on any atom is -0.438 e. The van der Waals surface area contributed by atoms with Crippen LogP contribution in [-0.4, -0.2) is 25.7 Å². The first-order valence-electron chi connectivity index (χ1n) is 5.10. The quantitative estimate of drug-likeness (QED) is 0.371. The maximum atomic E-state index is 11.2. The summed E-state index contributed by atoms with van der Waals surface area (Å²) < 4.78 is 8.82. The number of ether oxygens (including phenoxy) is 2. The summed E-state index contributed by atoms with van der Waals surface area (Å²) >= 11 is 0. The first kappa shape index (κ1) is 13.7. The minimum absolute atomic E-state index is 0.0666. The van der Waals surface area contributed by atoms with Crippen LogP contribution >= 0.6 is 0 Å². The molecule has 0 radical (unpaired) electrons. The van der Waals surface area contributed by atoms with Crippen LogP contribution in [0.3, 0.4) is 0 Å². The highest BCUT2D eigenvalue weighted by molar-refractivity contribution is 5.89. The van der Waals surface area contributed by atoms with Gasteiger partial charge >= 0.3 is 6.16 Å². The van der Waals surface area contributed by atoms with Crippen molar-refractivity contribution in [2.75, 3.05) is 13.7 Å². The van der Waals surface area contributed by atoms with Gasteiger partial charge in [-0.3, -0.25) is 4.79 Å². The molecule has 0 fully saturated rings. The van der Waals surface area contributed by atoms with Crippen LogP contribution in [0.1, 0.15) is 32.6 Å². The van der Waals surface area contributed by atoms with Gasteiger partial charge in [-0.25, -0.2) is 4.79 Å². The van der Waals surface area contributed by atoms with Crippen molar-refractivity contribution in [3.05, 3.63) is 12.2 Å². The molecule has 0 N–H and O–H groups in total. The summed E-state index contributed by atoms with van der Waals surface area (Å²) in [6.45, 7) is 2.16. The molecular weight excluding hydrogens is 196 g/mol. The smallest absolute Gasteiger partial charge is 0.438 e. The Morgan fingerprint density at radius 1 is 1.27 bits per heavy atom. The van der Waals surface area contributed by atoms with E-state index in [0.29, 0.717) is 6.42 Å². The molecule has 0 aromatic rings. The molecule has 0 saturated carbocycles. The molecule has 0 amide bonds. The van der Waals surface area contributed by atoms with Gasteiger partial charge in [0.15, 0.2) is 5.78 Å². The van der Waals surface area contributed by atoms with E-state index in [0.717, 1.165) is 19.3 Å². The number of allylic oxidation sites excluding steroid dienone is 1. The highest BCUT2D eigenvalue weighted by Crippen LogP contribution is 2.00. The Bertz CT molecular complexity index is 221. The molecule has 0 aliphatic heterocycles. The summed E-state index contributed by atoms with van der Waals surface area (Å²) in [4.78, 5) is 21.7. The Kier molecular flexibility index (Phi) is 8.43. The van der Waals surface area contributed by atoms with Crippen LogP contribution in [0.15, 0.2) is 12.2 Å². The largest absolute Gasteiger partial charge is 0.508 e. The van der Waals surface area contributed by atoms with Crippen molar-refractivity contribution in [3.63, 3.8) is 0 Å². The van der Waals surface area contributed by atoms with Crippen LogP contribution in [0.25, 0.3) is 0 Å². The van der Waals surface area contributed by atoms with Crippen LogP contribution < -0.4 is 0 Å². The highest BCUT2D eigenvalue weighted by atomic mass is 16.7. The fourth-order valence-electron chi connectivity index (χ4n) is 0.987. The standard InChI is InChI=1S/C11H18O4/c1-3-4-5-7-10(12)8-6-9-15-11(13)14-2/h6,8H,3-5,7,9H2,1-2H3/b8-6+. The van der Waals surface area contributed by atoms with E-state index in [1.165, 1.54) is 19.3 Å². The van der Waals surface area contributed by atoms with Crippen LogP contribution in [0.4, 0.5) is 4.79 Å². The highest BCUT2D eigenvalue weighted by Gasteiger charge is 1.98. The molecule has 4 nitrogen and oxygen atoms in total. The second kappa shape index (κ2) is 9.24. The lowest BCUT2D eigenvalue weighted by Gasteiger charge is -1.97. The fourth-order valence-corrected chi connectivity index (χ4v) is 0.987. The van der Waals surface area contributed by atoms with Gasteiger partial charge in [0, 0.05) is 6.42 Å². The van der Waals surface area contributed by atoms with Gasteiger partial charge in [-0.1, -0.05) is 19.8 Å². The van der Waals surface area contributed by atoms with Gasteiger partial charge in [-0.2, -0.15) is 0 Å². The molecule has 0 aromatic heterocycles. The zero-order chi connectivity index (χ0) is 11.5. The lowest BCUT2D eigenvalue weighted by Crippen LogP contribution is -2.04. The van der Waals surface area contributed by atoms with Crippen LogP contribution in [0.2, 0.25) is 0 Å². The van der Waals surface area contributed by atoms with Crippen molar-refractivity contribution in [1.82, 2.24) is 0 Å². The van der Waals surface area contributed by atoms with Crippen molar-refractivity contribution in [1.29, 1.82) is 0 Å². The third-order valence-electron chi connectivity index (χ3n) is 1.79. The third-order valence-corrected chi connectivity index (χ3v) is 1.79. The van der Waals surface area contributed by atoms with Gasteiger partial charge in [0.2, 0.25) is 0 Å². The van der Waals surface area contributed by atoms with Crippen molar-refractivity contribution in [2.45, 2.75) is 32.6 Å². The predicted molar refractivity (Wildman–Crippen MR) is 56.6 cm³/mol. The topological polar surface area (TPSA) is 52.6 Å². The summed E-state index contributed by atoms with van der Waals surface area (Å²) in [7, 11) is 1.24. The predicted octanol–water partition coefficient (Wildman–Crippen LogP) is 2.48. The van der Waals surface area contributed by atoms with Crippen LogP contribution in [0, 0.1) is 0 Å². The summed E-state index contributed by atoms with van der Waals surface area (Å²) in [5.74, 6) is 0.0666. The summed E-state index contributed by atoms with van der Waals surface area (Å²) in [6, 6.07) is 0. The number of hydrogen-bond donors (Lipinski definition) is 0. The number of carbonyl (C=O) groups excluding carboxylic acids is 2. The Morgan fingerprint density at radius 2 is 2.00 bits per heavy atom. The summed E-state index contributed by atoms with van der Waals surface area (Å²) in [6.07, 6.45) is 5.86. The molecule has 0 spiro atoms. The second-order valence-electron chi connectivity index (χ2n) is 3.09. The number of unbranched alkanes of at least 4 members (excludes halogenated alkanes) is 2. The maximum Gasteiger partial charge on any atom is 0.508 e. The first-order chi connectivity index (χ1) is 7.20. The van der Waals surface area contributed by atoms with Gasteiger partial charge in [0.25, 0.3) is 0 Å². The SMILES string of the molecule is CCCCCC(=O)/C=C/COC(=O)OC. The molecule has 0 unspecified atom stereocenters. The van der Waals surface area contributed by atoms with Crippen molar-refractivity contribution >= 4 is 11.9 Å². The van der Waals surface area contributed by atoms with Gasteiger partial charge in [-0.15, -0.1) is 0 Å². The lowest BCUT2D eigenvalue weighted by molar-refractivity contribution is -0.114. The normalized spacial score (nSPS) is 10.3. The van der Waals surface area contributed by atoms with E-state index in [2.05, 4.69) is 16.4 Å². The van der Waals surface area contributed by atoms with E-state index in [1.54, 1.807) is 0 Å². The molecule has 0 atom stereocenters. The molecular formula is C11H18O4. The van der Waals surface area contributed by atoms with E-state index in [9.17, 15) is 9.59 Å². The molecule has 15 heavy (non-hydrogen) atoms. The van der Waals surface area contributed by atoms with Gasteiger partial charge in [-0.05, 0) is 18.6 Å². The molecule has 0 saturated heterocycles. The molecule has 0 bridgehead atoms. The minimum atomic E-state index is -0.738. The van der Waals surface area contributed by atoms with Gasteiger partial charge in [0.05, 0.1) is 7.11 Å². The Labute approximate surface area is 90.2 Å². The van der Waals surface area contributed by atoms with Crippen molar-refractivity contribution in [3.8, 4) is 0 Å². The average molecular weight is 214 g/mol. The summed E-state index contributed by atoms with van der Waals surface area (Å²) in [5.41, 5.74) is 0. The summed E-state index contributed by atoms with van der Waals surface area (Å²) in [5, 5.41) is 0. The molecule has 0 aromatic carbocycles. The lowest BCUT2D eigenvalue weighted by atomic mass is 10.1. The Hall–Kier alpha value is -1.32. The Morgan fingerprint density at radius 3 is 2.60 bits per heavy atom.